The summed E-state index contributed by atoms with van der Waals surface area (Å²) in [7, 11) is 0. The van der Waals surface area contributed by atoms with Crippen LogP contribution in [-0.2, 0) is 4.79 Å². The second-order valence-corrected chi connectivity index (χ2v) is 6.78. The molecule has 0 bridgehead atoms. The van der Waals surface area contributed by atoms with Crippen molar-refractivity contribution in [2.24, 2.45) is 17.1 Å². The SMILES string of the molecule is CCCCN(C(=O)C1(CN)CCC(C)CC1)C(C)CC. The Balaban J connectivity index is 2.84. The Hall–Kier alpha value is -0.570. The molecule has 3 heteroatoms. The summed E-state index contributed by atoms with van der Waals surface area (Å²) >= 11 is 0. The van der Waals surface area contributed by atoms with Crippen molar-refractivity contribution in [3.8, 4) is 0 Å². The predicted molar refractivity (Wildman–Crippen MR) is 85.5 cm³/mol. The van der Waals surface area contributed by atoms with Gasteiger partial charge in [0.15, 0.2) is 0 Å². The van der Waals surface area contributed by atoms with Crippen LogP contribution in [-0.4, -0.2) is 29.9 Å². The van der Waals surface area contributed by atoms with Crippen molar-refractivity contribution < 1.29 is 4.79 Å². The topological polar surface area (TPSA) is 46.3 Å². The molecular weight excluding hydrogens is 248 g/mol. The molecule has 0 radical (unpaired) electrons. The molecule has 3 nitrogen and oxygen atoms in total. The fourth-order valence-corrected chi connectivity index (χ4v) is 3.20. The van der Waals surface area contributed by atoms with E-state index < -0.39 is 0 Å². The third-order valence-electron chi connectivity index (χ3n) is 5.21. The summed E-state index contributed by atoms with van der Waals surface area (Å²) in [5.41, 5.74) is 5.77. The van der Waals surface area contributed by atoms with Gasteiger partial charge in [-0.3, -0.25) is 4.79 Å². The Kier molecular flexibility index (Phi) is 7.01. The number of nitrogens with two attached hydrogens (primary N) is 1. The van der Waals surface area contributed by atoms with Crippen LogP contribution in [0.2, 0.25) is 0 Å². The van der Waals surface area contributed by atoms with Crippen LogP contribution in [0.4, 0.5) is 0 Å². The molecule has 0 aromatic carbocycles. The minimum atomic E-state index is -0.274. The summed E-state index contributed by atoms with van der Waals surface area (Å²) < 4.78 is 0. The van der Waals surface area contributed by atoms with Crippen LogP contribution in [0.15, 0.2) is 0 Å². The molecule has 20 heavy (non-hydrogen) atoms. The second kappa shape index (κ2) is 8.02. The largest absolute Gasteiger partial charge is 0.339 e. The lowest BCUT2D eigenvalue weighted by molar-refractivity contribution is -0.146. The van der Waals surface area contributed by atoms with Crippen LogP contribution in [0.5, 0.6) is 0 Å². The average Bonchev–Trinajstić information content (AvgIpc) is 2.48. The normalized spacial score (nSPS) is 28.1. The van der Waals surface area contributed by atoms with Gasteiger partial charge >= 0.3 is 0 Å². The summed E-state index contributed by atoms with van der Waals surface area (Å²) in [4.78, 5) is 15.2. The lowest BCUT2D eigenvalue weighted by atomic mass is 9.69. The molecular formula is C17H34N2O. The zero-order valence-corrected chi connectivity index (χ0v) is 14.0. The van der Waals surface area contributed by atoms with E-state index in [1.807, 2.05) is 0 Å². The van der Waals surface area contributed by atoms with E-state index >= 15 is 0 Å². The smallest absolute Gasteiger partial charge is 0.230 e. The summed E-state index contributed by atoms with van der Waals surface area (Å²) in [5.74, 6) is 1.07. The van der Waals surface area contributed by atoms with Crippen LogP contribution in [0.3, 0.4) is 0 Å². The van der Waals surface area contributed by atoms with E-state index in [2.05, 4.69) is 32.6 Å². The molecule has 118 valence electrons. The van der Waals surface area contributed by atoms with E-state index in [1.165, 1.54) is 0 Å². The molecule has 1 aliphatic carbocycles. The van der Waals surface area contributed by atoms with E-state index in [0.29, 0.717) is 18.5 Å². The first-order valence-corrected chi connectivity index (χ1v) is 8.51. The number of carbonyl (C=O) groups excluding carboxylic acids is 1. The molecule has 1 fully saturated rings. The van der Waals surface area contributed by atoms with Crippen molar-refractivity contribution >= 4 is 5.91 Å². The summed E-state index contributed by atoms with van der Waals surface area (Å²) in [6.07, 6.45) is 7.48. The van der Waals surface area contributed by atoms with Crippen molar-refractivity contribution in [1.29, 1.82) is 0 Å². The van der Waals surface area contributed by atoms with Gasteiger partial charge in [0.05, 0.1) is 5.41 Å². The molecule has 1 aliphatic rings. The minimum absolute atomic E-state index is 0.274. The highest BCUT2D eigenvalue weighted by Crippen LogP contribution is 2.40. The number of rotatable bonds is 7. The quantitative estimate of drug-likeness (QED) is 0.776. The van der Waals surface area contributed by atoms with Gasteiger partial charge in [0, 0.05) is 19.1 Å². The molecule has 2 N–H and O–H groups in total. The van der Waals surface area contributed by atoms with Crippen molar-refractivity contribution in [2.45, 2.75) is 78.7 Å². The van der Waals surface area contributed by atoms with Crippen molar-refractivity contribution in [3.63, 3.8) is 0 Å². The van der Waals surface area contributed by atoms with Gasteiger partial charge in [-0.2, -0.15) is 0 Å². The molecule has 0 spiro atoms. The summed E-state index contributed by atoms with van der Waals surface area (Å²) in [6, 6.07) is 0.330. The first kappa shape index (κ1) is 17.5. The van der Waals surface area contributed by atoms with E-state index in [4.69, 9.17) is 5.73 Å². The average molecular weight is 282 g/mol. The van der Waals surface area contributed by atoms with Crippen molar-refractivity contribution in [1.82, 2.24) is 4.90 Å². The van der Waals surface area contributed by atoms with Gasteiger partial charge in [-0.05, 0) is 51.4 Å². The Bertz CT molecular complexity index is 295. The van der Waals surface area contributed by atoms with Crippen LogP contribution < -0.4 is 5.73 Å². The third-order valence-corrected chi connectivity index (χ3v) is 5.21. The fourth-order valence-electron chi connectivity index (χ4n) is 3.20. The van der Waals surface area contributed by atoms with Gasteiger partial charge in [0.25, 0.3) is 0 Å². The molecule has 0 heterocycles. The van der Waals surface area contributed by atoms with Gasteiger partial charge in [-0.15, -0.1) is 0 Å². The van der Waals surface area contributed by atoms with E-state index in [1.54, 1.807) is 0 Å². The molecule has 1 rings (SSSR count). The molecule has 1 atom stereocenters. The van der Waals surface area contributed by atoms with Crippen LogP contribution >= 0.6 is 0 Å². The Morgan fingerprint density at radius 2 is 1.95 bits per heavy atom. The lowest BCUT2D eigenvalue weighted by Crippen LogP contribution is -2.52. The minimum Gasteiger partial charge on any atom is -0.339 e. The lowest BCUT2D eigenvalue weighted by Gasteiger charge is -2.42. The second-order valence-electron chi connectivity index (χ2n) is 6.78. The number of amides is 1. The maximum absolute atomic E-state index is 13.1. The maximum atomic E-state index is 13.1. The Morgan fingerprint density at radius 1 is 1.35 bits per heavy atom. The Labute approximate surface area is 125 Å². The van der Waals surface area contributed by atoms with Gasteiger partial charge in [0.2, 0.25) is 5.91 Å². The molecule has 0 saturated heterocycles. The van der Waals surface area contributed by atoms with Crippen LogP contribution in [0.1, 0.15) is 72.6 Å². The van der Waals surface area contributed by atoms with Gasteiger partial charge < -0.3 is 10.6 Å². The number of hydrogen-bond donors (Lipinski definition) is 1. The number of unbranched alkanes of at least 4 members (excludes halogenated alkanes) is 1. The fraction of sp³-hybridized carbons (Fsp3) is 0.941. The molecule has 1 unspecified atom stereocenters. The number of hydrogen-bond acceptors (Lipinski definition) is 2. The standard InChI is InChI=1S/C17H34N2O/c1-5-7-12-19(15(4)6-2)16(20)17(13-18)10-8-14(3)9-11-17/h14-15H,5-13,18H2,1-4H3. The highest BCUT2D eigenvalue weighted by atomic mass is 16.2. The molecule has 0 aromatic heterocycles. The van der Waals surface area contributed by atoms with E-state index in [-0.39, 0.29) is 5.41 Å². The van der Waals surface area contributed by atoms with Crippen molar-refractivity contribution in [3.05, 3.63) is 0 Å². The van der Waals surface area contributed by atoms with Gasteiger partial charge in [-0.1, -0.05) is 27.2 Å². The molecule has 0 aliphatic heterocycles. The first-order valence-electron chi connectivity index (χ1n) is 8.51. The monoisotopic (exact) mass is 282 g/mol. The summed E-state index contributed by atoms with van der Waals surface area (Å²) in [5, 5.41) is 0. The molecule has 1 saturated carbocycles. The van der Waals surface area contributed by atoms with Crippen LogP contribution in [0.25, 0.3) is 0 Å². The van der Waals surface area contributed by atoms with Gasteiger partial charge in [0.1, 0.15) is 0 Å². The number of carbonyl (C=O) groups is 1. The number of nitrogens with zero attached hydrogens (tertiary/aromatic N) is 1. The third kappa shape index (κ3) is 3.97. The van der Waals surface area contributed by atoms with E-state index in [0.717, 1.165) is 57.4 Å². The highest BCUT2D eigenvalue weighted by molar-refractivity contribution is 5.83. The molecule has 0 aromatic rings. The van der Waals surface area contributed by atoms with Gasteiger partial charge in [-0.25, -0.2) is 0 Å². The first-order chi connectivity index (χ1) is 9.50. The van der Waals surface area contributed by atoms with Crippen LogP contribution in [0, 0.1) is 11.3 Å². The Morgan fingerprint density at radius 3 is 2.40 bits per heavy atom. The maximum Gasteiger partial charge on any atom is 0.230 e. The van der Waals surface area contributed by atoms with E-state index in [9.17, 15) is 4.79 Å². The summed E-state index contributed by atoms with van der Waals surface area (Å²) in [6.45, 7) is 10.2. The molecule has 1 amide bonds. The zero-order chi connectivity index (χ0) is 15.2. The zero-order valence-electron chi connectivity index (χ0n) is 14.0. The van der Waals surface area contributed by atoms with Crippen molar-refractivity contribution in [2.75, 3.05) is 13.1 Å². The highest BCUT2D eigenvalue weighted by Gasteiger charge is 2.42. The predicted octanol–water partition coefficient (Wildman–Crippen LogP) is 3.57.